The molecule has 1 unspecified atom stereocenters. The number of rotatable bonds is 7. The molecule has 2 aromatic carbocycles. The molecule has 152 valence electrons. The summed E-state index contributed by atoms with van der Waals surface area (Å²) in [5.41, 5.74) is 1.21. The number of hydrogen-bond acceptors (Lipinski definition) is 5. The van der Waals surface area contributed by atoms with Crippen LogP contribution < -0.4 is 14.8 Å². The molecule has 8 nitrogen and oxygen atoms in total. The van der Waals surface area contributed by atoms with E-state index in [0.29, 0.717) is 22.8 Å². The first kappa shape index (κ1) is 20.6. The number of ether oxygens (including phenoxy) is 1. The fourth-order valence-corrected chi connectivity index (χ4v) is 4.07. The van der Waals surface area contributed by atoms with E-state index in [4.69, 9.17) is 4.74 Å². The number of hydrogen-bond donors (Lipinski definition) is 2. The van der Waals surface area contributed by atoms with Gasteiger partial charge in [-0.25, -0.2) is 13.4 Å². The van der Waals surface area contributed by atoms with Gasteiger partial charge in [0.25, 0.3) is 0 Å². The van der Waals surface area contributed by atoms with Crippen LogP contribution in [0.25, 0.3) is 0 Å². The molecule has 0 aliphatic carbocycles. The molecule has 0 radical (unpaired) electrons. The molecule has 0 fully saturated rings. The number of sulfonamides is 1. The molecule has 0 bridgehead atoms. The molecule has 0 saturated carbocycles. The van der Waals surface area contributed by atoms with Crippen LogP contribution in [0.5, 0.6) is 5.75 Å². The largest absolute Gasteiger partial charge is 0.497 e. The minimum Gasteiger partial charge on any atom is -0.497 e. The van der Waals surface area contributed by atoms with Crippen molar-refractivity contribution in [1.82, 2.24) is 14.3 Å². The minimum absolute atomic E-state index is 0.0775. The average Bonchev–Trinajstić information content (AvgIpc) is 3.12. The van der Waals surface area contributed by atoms with Crippen molar-refractivity contribution in [3.8, 4) is 5.75 Å². The van der Waals surface area contributed by atoms with E-state index in [1.54, 1.807) is 49.3 Å². The Hall–Kier alpha value is -3.17. The number of amides is 1. The van der Waals surface area contributed by atoms with E-state index >= 15 is 0 Å². The fraction of sp³-hybridized carbons (Fsp3) is 0.200. The van der Waals surface area contributed by atoms with Gasteiger partial charge in [0.05, 0.1) is 12.0 Å². The van der Waals surface area contributed by atoms with E-state index in [0.717, 1.165) is 0 Å². The van der Waals surface area contributed by atoms with Crippen molar-refractivity contribution >= 4 is 21.6 Å². The number of anilines is 1. The van der Waals surface area contributed by atoms with Crippen LogP contribution in [0.2, 0.25) is 0 Å². The highest BCUT2D eigenvalue weighted by Crippen LogP contribution is 2.26. The second-order valence-electron chi connectivity index (χ2n) is 6.43. The van der Waals surface area contributed by atoms with Gasteiger partial charge in [0, 0.05) is 32.1 Å². The smallest absolute Gasteiger partial charge is 0.241 e. The van der Waals surface area contributed by atoms with Gasteiger partial charge < -0.3 is 14.6 Å². The second-order valence-corrected chi connectivity index (χ2v) is 8.15. The Morgan fingerprint density at radius 3 is 2.48 bits per heavy atom. The Balaban J connectivity index is 1.96. The zero-order valence-corrected chi connectivity index (χ0v) is 17.1. The quantitative estimate of drug-likeness (QED) is 0.618. The van der Waals surface area contributed by atoms with Gasteiger partial charge in [0.2, 0.25) is 15.9 Å². The maximum atomic E-state index is 13.0. The first-order valence-corrected chi connectivity index (χ1v) is 10.3. The van der Waals surface area contributed by atoms with Gasteiger partial charge in [-0.15, -0.1) is 0 Å². The van der Waals surface area contributed by atoms with Crippen LogP contribution >= 0.6 is 0 Å². The first-order chi connectivity index (χ1) is 13.8. The normalized spacial score (nSPS) is 12.4. The molecule has 1 heterocycles. The summed E-state index contributed by atoms with van der Waals surface area (Å²) in [4.78, 5) is 15.5. The lowest BCUT2D eigenvalue weighted by Crippen LogP contribution is -2.31. The summed E-state index contributed by atoms with van der Waals surface area (Å²) in [6.45, 7) is 1.39. The number of nitrogens with zero attached hydrogens (tertiary/aromatic N) is 2. The third kappa shape index (κ3) is 4.82. The van der Waals surface area contributed by atoms with E-state index in [1.807, 2.05) is 6.07 Å². The molecule has 0 saturated heterocycles. The number of aryl methyl sites for hydroxylation is 1. The average molecular weight is 414 g/mol. The molecule has 3 aromatic rings. The molecular formula is C20H22N4O4S. The lowest BCUT2D eigenvalue weighted by Gasteiger charge is -2.20. The number of aromatic nitrogens is 2. The van der Waals surface area contributed by atoms with Gasteiger partial charge >= 0.3 is 0 Å². The summed E-state index contributed by atoms with van der Waals surface area (Å²) in [7, 11) is -0.523. The number of methoxy groups -OCH3 is 1. The Morgan fingerprint density at radius 2 is 1.90 bits per heavy atom. The van der Waals surface area contributed by atoms with Crippen LogP contribution in [0.15, 0.2) is 65.8 Å². The Bertz CT molecular complexity index is 1110. The van der Waals surface area contributed by atoms with Crippen LogP contribution in [0.4, 0.5) is 5.69 Å². The molecular weight excluding hydrogens is 392 g/mol. The van der Waals surface area contributed by atoms with Crippen molar-refractivity contribution in [2.75, 3.05) is 12.4 Å². The fourth-order valence-electron chi connectivity index (χ4n) is 2.89. The number of nitrogens with one attached hydrogen (secondary N) is 2. The lowest BCUT2D eigenvalue weighted by atomic mass is 10.1. The number of carbonyl (C=O) groups is 1. The summed E-state index contributed by atoms with van der Waals surface area (Å²) in [6.07, 6.45) is 3.36. The Kier molecular flexibility index (Phi) is 6.00. The van der Waals surface area contributed by atoms with Crippen molar-refractivity contribution in [3.63, 3.8) is 0 Å². The highest BCUT2D eigenvalue weighted by molar-refractivity contribution is 7.89. The Morgan fingerprint density at radius 1 is 1.17 bits per heavy atom. The van der Waals surface area contributed by atoms with Crippen LogP contribution in [-0.2, 0) is 21.9 Å². The Labute approximate surface area is 169 Å². The number of benzene rings is 2. The third-order valence-corrected chi connectivity index (χ3v) is 5.74. The predicted molar refractivity (Wildman–Crippen MR) is 109 cm³/mol. The molecule has 0 spiro atoms. The molecule has 1 atom stereocenters. The molecule has 29 heavy (non-hydrogen) atoms. The van der Waals surface area contributed by atoms with Gasteiger partial charge in [-0.1, -0.05) is 12.1 Å². The maximum Gasteiger partial charge on any atom is 0.241 e. The SMILES string of the molecule is COc1cccc(C(NS(=O)(=O)c2ccc(NC(C)=O)cc2)c2nccn2C)c1. The van der Waals surface area contributed by atoms with Crippen LogP contribution in [-0.4, -0.2) is 31.0 Å². The summed E-state index contributed by atoms with van der Waals surface area (Å²) in [5, 5.41) is 2.61. The van der Waals surface area contributed by atoms with E-state index in [1.165, 1.54) is 31.2 Å². The summed E-state index contributed by atoms with van der Waals surface area (Å²) < 4.78 is 35.8. The second kappa shape index (κ2) is 8.46. The van der Waals surface area contributed by atoms with Crippen LogP contribution in [0.3, 0.4) is 0 Å². The lowest BCUT2D eigenvalue weighted by molar-refractivity contribution is -0.114. The van der Waals surface area contributed by atoms with E-state index in [-0.39, 0.29) is 10.8 Å². The monoisotopic (exact) mass is 414 g/mol. The van der Waals surface area contributed by atoms with Crippen molar-refractivity contribution < 1.29 is 17.9 Å². The maximum absolute atomic E-state index is 13.0. The predicted octanol–water partition coefficient (Wildman–Crippen LogP) is 2.46. The van der Waals surface area contributed by atoms with E-state index in [9.17, 15) is 13.2 Å². The molecule has 9 heteroatoms. The summed E-state index contributed by atoms with van der Waals surface area (Å²) >= 11 is 0. The minimum atomic E-state index is -3.87. The highest BCUT2D eigenvalue weighted by Gasteiger charge is 2.26. The molecule has 0 aliphatic rings. The standard InChI is InChI=1S/C20H22N4O4S/c1-14(25)22-16-7-9-18(10-8-16)29(26,27)23-19(20-21-11-12-24(20)2)15-5-4-6-17(13-15)28-3/h4-13,19,23H,1-3H3,(H,22,25). The molecule has 3 rings (SSSR count). The number of imidazole rings is 1. The zero-order chi connectivity index (χ0) is 21.0. The van der Waals surface area contributed by atoms with E-state index in [2.05, 4.69) is 15.0 Å². The first-order valence-electron chi connectivity index (χ1n) is 8.81. The van der Waals surface area contributed by atoms with Crippen LogP contribution in [0.1, 0.15) is 24.4 Å². The molecule has 1 amide bonds. The topological polar surface area (TPSA) is 102 Å². The van der Waals surface area contributed by atoms with Crippen molar-refractivity contribution in [1.29, 1.82) is 0 Å². The highest BCUT2D eigenvalue weighted by atomic mass is 32.2. The van der Waals surface area contributed by atoms with Crippen molar-refractivity contribution in [3.05, 3.63) is 72.3 Å². The van der Waals surface area contributed by atoms with Gasteiger partial charge in [-0.05, 0) is 42.0 Å². The zero-order valence-electron chi connectivity index (χ0n) is 16.3. The van der Waals surface area contributed by atoms with Gasteiger partial charge in [0.15, 0.2) is 0 Å². The summed E-state index contributed by atoms with van der Waals surface area (Å²) in [5.74, 6) is 0.920. The summed E-state index contributed by atoms with van der Waals surface area (Å²) in [6, 6.07) is 12.4. The third-order valence-electron chi connectivity index (χ3n) is 4.30. The van der Waals surface area contributed by atoms with Crippen molar-refractivity contribution in [2.45, 2.75) is 17.9 Å². The van der Waals surface area contributed by atoms with E-state index < -0.39 is 16.1 Å². The molecule has 0 aliphatic heterocycles. The molecule has 2 N–H and O–H groups in total. The number of carbonyl (C=O) groups excluding carboxylic acids is 1. The van der Waals surface area contributed by atoms with Gasteiger partial charge in [-0.2, -0.15) is 4.72 Å². The van der Waals surface area contributed by atoms with Crippen LogP contribution in [0, 0.1) is 0 Å². The van der Waals surface area contributed by atoms with Gasteiger partial charge in [-0.3, -0.25) is 4.79 Å². The molecule has 1 aromatic heterocycles. The van der Waals surface area contributed by atoms with Gasteiger partial charge in [0.1, 0.15) is 17.6 Å². The van der Waals surface area contributed by atoms with Crippen molar-refractivity contribution in [2.24, 2.45) is 7.05 Å².